The molecule has 114 valence electrons. The van der Waals surface area contributed by atoms with Crippen LogP contribution in [0.3, 0.4) is 0 Å². The smallest absolute Gasteiger partial charge is 0.342 e. The first-order valence-corrected chi connectivity index (χ1v) is 5.23. The minimum Gasteiger partial charge on any atom is -0.507 e. The Bertz CT molecular complexity index is 501. The van der Waals surface area contributed by atoms with Crippen LogP contribution >= 0.6 is 12.4 Å². The van der Waals surface area contributed by atoms with Gasteiger partial charge in [0.2, 0.25) is 6.17 Å². The van der Waals surface area contributed by atoms with E-state index in [4.69, 9.17) is 5.73 Å². The Balaban J connectivity index is 0.00000361. The number of phenolic OH excluding ortho intramolecular Hbond substituents is 1. The SMILES string of the molecule is CCOC(=O)C(F)[C@H](N)c1c(O)cc(F)c(F)c1F.Cl. The van der Waals surface area contributed by atoms with Gasteiger partial charge in [-0.25, -0.2) is 22.4 Å². The summed E-state index contributed by atoms with van der Waals surface area (Å²) in [6.45, 7) is 1.27. The van der Waals surface area contributed by atoms with Crippen LogP contribution in [0.15, 0.2) is 6.07 Å². The Kier molecular flexibility index (Phi) is 6.74. The van der Waals surface area contributed by atoms with Crippen LogP contribution in [0.5, 0.6) is 5.75 Å². The van der Waals surface area contributed by atoms with Crippen molar-refractivity contribution in [3.63, 3.8) is 0 Å². The van der Waals surface area contributed by atoms with Crippen molar-refractivity contribution in [2.24, 2.45) is 5.73 Å². The van der Waals surface area contributed by atoms with Crippen molar-refractivity contribution in [1.82, 2.24) is 0 Å². The molecule has 0 spiro atoms. The molecular weight excluding hydrogens is 306 g/mol. The second-order valence-electron chi connectivity index (χ2n) is 3.60. The van der Waals surface area contributed by atoms with Crippen molar-refractivity contribution in [2.45, 2.75) is 19.1 Å². The minimum absolute atomic E-state index is 0. The number of halogens is 5. The van der Waals surface area contributed by atoms with Gasteiger partial charge in [0.25, 0.3) is 0 Å². The number of nitrogens with two attached hydrogens (primary N) is 1. The molecule has 1 aromatic carbocycles. The number of carbonyl (C=O) groups is 1. The molecule has 3 N–H and O–H groups in total. The predicted octanol–water partition coefficient (Wildman–Crippen LogP) is 2.13. The maximum atomic E-state index is 13.6. The third-order valence-corrected chi connectivity index (χ3v) is 2.34. The number of phenols is 1. The van der Waals surface area contributed by atoms with Crippen LogP contribution in [0, 0.1) is 17.5 Å². The average Bonchev–Trinajstić information content (AvgIpc) is 2.35. The average molecular weight is 318 g/mol. The van der Waals surface area contributed by atoms with Gasteiger partial charge in [0, 0.05) is 6.07 Å². The maximum absolute atomic E-state index is 13.6. The fourth-order valence-electron chi connectivity index (χ4n) is 1.43. The van der Waals surface area contributed by atoms with Gasteiger partial charge in [-0.3, -0.25) is 0 Å². The highest BCUT2D eigenvalue weighted by atomic mass is 35.5. The maximum Gasteiger partial charge on any atom is 0.342 e. The lowest BCUT2D eigenvalue weighted by molar-refractivity contribution is -0.150. The zero-order valence-electron chi connectivity index (χ0n) is 10.2. The standard InChI is InChI=1S/C11H11F4NO3.ClH/c1-2-19-11(18)9(15)10(16)6-5(17)3-4(12)7(13)8(6)14;/h3,9-10,17H,2,16H2,1H3;1H/t9?,10-;/m1./s1. The third kappa shape index (κ3) is 3.51. The van der Waals surface area contributed by atoms with E-state index in [1.807, 2.05) is 0 Å². The zero-order valence-corrected chi connectivity index (χ0v) is 11.0. The number of benzene rings is 1. The van der Waals surface area contributed by atoms with Crippen molar-refractivity contribution in [3.05, 3.63) is 29.1 Å². The van der Waals surface area contributed by atoms with Crippen LogP contribution in [-0.2, 0) is 9.53 Å². The van der Waals surface area contributed by atoms with Gasteiger partial charge in [-0.1, -0.05) is 0 Å². The summed E-state index contributed by atoms with van der Waals surface area (Å²) in [6.07, 6.45) is -2.52. The molecule has 1 unspecified atom stereocenters. The Morgan fingerprint density at radius 2 is 1.95 bits per heavy atom. The molecule has 0 aromatic heterocycles. The largest absolute Gasteiger partial charge is 0.507 e. The van der Waals surface area contributed by atoms with Gasteiger partial charge in [-0.05, 0) is 6.92 Å². The predicted molar refractivity (Wildman–Crippen MR) is 63.7 cm³/mol. The van der Waals surface area contributed by atoms with Crippen molar-refractivity contribution in [1.29, 1.82) is 0 Å². The molecule has 0 aliphatic heterocycles. The van der Waals surface area contributed by atoms with Gasteiger partial charge in [-0.2, -0.15) is 0 Å². The molecule has 0 heterocycles. The van der Waals surface area contributed by atoms with Crippen LogP contribution in [0.25, 0.3) is 0 Å². The third-order valence-electron chi connectivity index (χ3n) is 2.34. The van der Waals surface area contributed by atoms with Crippen LogP contribution in [-0.4, -0.2) is 23.9 Å². The minimum atomic E-state index is -2.52. The van der Waals surface area contributed by atoms with Crippen LogP contribution in [0.2, 0.25) is 0 Å². The first-order valence-electron chi connectivity index (χ1n) is 5.23. The molecule has 0 saturated carbocycles. The van der Waals surface area contributed by atoms with Crippen molar-refractivity contribution >= 4 is 18.4 Å². The Hall–Kier alpha value is -1.54. The van der Waals surface area contributed by atoms with E-state index in [1.165, 1.54) is 6.92 Å². The number of hydrogen-bond acceptors (Lipinski definition) is 4. The summed E-state index contributed by atoms with van der Waals surface area (Å²) in [6, 6.07) is -1.78. The second kappa shape index (κ2) is 7.30. The highest BCUT2D eigenvalue weighted by molar-refractivity contribution is 5.85. The fourth-order valence-corrected chi connectivity index (χ4v) is 1.43. The molecule has 1 rings (SSSR count). The molecule has 0 fully saturated rings. The van der Waals surface area contributed by atoms with E-state index in [9.17, 15) is 27.5 Å². The molecule has 9 heteroatoms. The van der Waals surface area contributed by atoms with E-state index in [0.29, 0.717) is 0 Å². The van der Waals surface area contributed by atoms with Gasteiger partial charge in [-0.15, -0.1) is 12.4 Å². The van der Waals surface area contributed by atoms with Gasteiger partial charge in [0.15, 0.2) is 17.5 Å². The van der Waals surface area contributed by atoms with Gasteiger partial charge < -0.3 is 15.6 Å². The van der Waals surface area contributed by atoms with Gasteiger partial charge in [0.05, 0.1) is 18.2 Å². The van der Waals surface area contributed by atoms with Crippen molar-refractivity contribution in [3.8, 4) is 5.75 Å². The highest BCUT2D eigenvalue weighted by Crippen LogP contribution is 2.32. The summed E-state index contributed by atoms with van der Waals surface area (Å²) in [7, 11) is 0. The van der Waals surface area contributed by atoms with E-state index < -0.39 is 46.9 Å². The van der Waals surface area contributed by atoms with Crippen LogP contribution in [0.1, 0.15) is 18.5 Å². The van der Waals surface area contributed by atoms with Gasteiger partial charge >= 0.3 is 5.97 Å². The van der Waals surface area contributed by atoms with Crippen molar-refractivity contribution < 1.29 is 32.2 Å². The Labute approximate surface area is 117 Å². The zero-order chi connectivity index (χ0) is 14.7. The number of carbonyl (C=O) groups excluding carboxylic acids is 1. The summed E-state index contributed by atoms with van der Waals surface area (Å²) >= 11 is 0. The van der Waals surface area contributed by atoms with E-state index in [1.54, 1.807) is 0 Å². The number of aromatic hydroxyl groups is 1. The summed E-state index contributed by atoms with van der Waals surface area (Å²) in [5, 5.41) is 9.28. The first kappa shape index (κ1) is 18.5. The lowest BCUT2D eigenvalue weighted by Gasteiger charge is -2.18. The summed E-state index contributed by atoms with van der Waals surface area (Å²) < 4.78 is 57.0. The second-order valence-corrected chi connectivity index (χ2v) is 3.60. The molecular formula is C11H12ClF4NO3. The number of hydrogen-bond donors (Lipinski definition) is 2. The van der Waals surface area contributed by atoms with Gasteiger partial charge in [0.1, 0.15) is 5.75 Å². The van der Waals surface area contributed by atoms with E-state index in [0.717, 1.165) is 0 Å². The Morgan fingerprint density at radius 1 is 1.40 bits per heavy atom. The Morgan fingerprint density at radius 3 is 2.45 bits per heavy atom. The molecule has 0 bridgehead atoms. The molecule has 0 saturated heterocycles. The lowest BCUT2D eigenvalue weighted by Crippen LogP contribution is -2.32. The summed E-state index contributed by atoms with van der Waals surface area (Å²) in [5.41, 5.74) is 4.20. The topological polar surface area (TPSA) is 72.5 Å². The number of rotatable bonds is 4. The van der Waals surface area contributed by atoms with Crippen LogP contribution in [0.4, 0.5) is 17.6 Å². The van der Waals surface area contributed by atoms with Crippen LogP contribution < -0.4 is 5.73 Å². The molecule has 0 amide bonds. The number of alkyl halides is 1. The highest BCUT2D eigenvalue weighted by Gasteiger charge is 2.33. The molecule has 20 heavy (non-hydrogen) atoms. The fraction of sp³-hybridized carbons (Fsp3) is 0.364. The summed E-state index contributed by atoms with van der Waals surface area (Å²) in [5.74, 6) is -7.90. The molecule has 0 aliphatic rings. The molecule has 4 nitrogen and oxygen atoms in total. The van der Waals surface area contributed by atoms with E-state index in [2.05, 4.69) is 4.74 Å². The first-order chi connectivity index (χ1) is 8.81. The molecule has 0 radical (unpaired) electrons. The number of esters is 1. The molecule has 1 aromatic rings. The normalized spacial score (nSPS) is 13.3. The number of ether oxygens (including phenoxy) is 1. The lowest BCUT2D eigenvalue weighted by atomic mass is 10.0. The van der Waals surface area contributed by atoms with E-state index >= 15 is 0 Å². The molecule has 2 atom stereocenters. The summed E-state index contributed by atoms with van der Waals surface area (Å²) in [4.78, 5) is 11.1. The van der Waals surface area contributed by atoms with E-state index in [-0.39, 0.29) is 25.1 Å². The van der Waals surface area contributed by atoms with Crippen molar-refractivity contribution in [2.75, 3.05) is 6.61 Å². The quantitative estimate of drug-likeness (QED) is 0.507. The molecule has 0 aliphatic carbocycles. The monoisotopic (exact) mass is 317 g/mol.